The van der Waals surface area contributed by atoms with Gasteiger partial charge in [0.15, 0.2) is 0 Å². The van der Waals surface area contributed by atoms with Crippen molar-refractivity contribution < 1.29 is 19.5 Å². The number of aldehydes is 1. The Morgan fingerprint density at radius 1 is 1.53 bits per heavy atom. The van der Waals surface area contributed by atoms with E-state index in [1.807, 2.05) is 0 Å². The monoisotopic (exact) mass is 234 g/mol. The molecule has 0 heterocycles. The Morgan fingerprint density at radius 2 is 2.13 bits per heavy atom. The molecule has 0 aromatic carbocycles. The molecule has 2 atom stereocenters. The van der Waals surface area contributed by atoms with Gasteiger partial charge in [-0.25, -0.2) is 0 Å². The lowest BCUT2D eigenvalue weighted by atomic mass is 10.1. The van der Waals surface area contributed by atoms with E-state index in [0.717, 1.165) is 0 Å². The zero-order chi connectivity index (χ0) is 11.8. The summed E-state index contributed by atoms with van der Waals surface area (Å²) in [5.41, 5.74) is 5.20. The molecule has 7 heteroatoms. The first kappa shape index (κ1) is 13.9. The smallest absolute Gasteiger partial charge is 0.320 e. The van der Waals surface area contributed by atoms with Crippen molar-refractivity contribution in [3.8, 4) is 0 Å². The third-order valence-corrected chi connectivity index (χ3v) is 2.10. The van der Waals surface area contributed by atoms with Gasteiger partial charge in [0.05, 0.1) is 6.04 Å². The molecule has 0 saturated heterocycles. The van der Waals surface area contributed by atoms with Crippen molar-refractivity contribution in [2.45, 2.75) is 24.9 Å². The Morgan fingerprint density at radius 3 is 2.53 bits per heavy atom. The van der Waals surface area contributed by atoms with Gasteiger partial charge in [-0.15, -0.1) is 0 Å². The minimum absolute atomic E-state index is 0.0222. The standard InChI is InChI=1S/C8H14N2O4S/c9-6(8(13)14)1-2-7(12)10-5(3-11)4-15/h3,5-6,15H,1-2,4,9H2,(H,10,12)(H,13,14)/t5?,6-/m0/s1. The van der Waals surface area contributed by atoms with E-state index in [9.17, 15) is 14.4 Å². The lowest BCUT2D eigenvalue weighted by Crippen LogP contribution is -2.38. The van der Waals surface area contributed by atoms with E-state index in [0.29, 0.717) is 6.29 Å². The normalized spacial score (nSPS) is 14.0. The van der Waals surface area contributed by atoms with Gasteiger partial charge in [-0.05, 0) is 6.42 Å². The predicted molar refractivity (Wildman–Crippen MR) is 56.7 cm³/mol. The van der Waals surface area contributed by atoms with Gasteiger partial charge in [0.25, 0.3) is 0 Å². The zero-order valence-corrected chi connectivity index (χ0v) is 8.94. The largest absolute Gasteiger partial charge is 0.480 e. The average molecular weight is 234 g/mol. The van der Waals surface area contributed by atoms with Crippen molar-refractivity contribution in [3.63, 3.8) is 0 Å². The first-order valence-electron chi connectivity index (χ1n) is 4.35. The molecule has 0 spiro atoms. The quantitative estimate of drug-likeness (QED) is 0.326. The number of nitrogens with one attached hydrogen (secondary N) is 1. The summed E-state index contributed by atoms with van der Waals surface area (Å²) in [5, 5.41) is 10.8. The van der Waals surface area contributed by atoms with Crippen molar-refractivity contribution in [1.29, 1.82) is 0 Å². The maximum atomic E-state index is 11.1. The molecule has 1 unspecified atom stereocenters. The van der Waals surface area contributed by atoms with Crippen molar-refractivity contribution >= 4 is 30.8 Å². The minimum atomic E-state index is -1.15. The molecule has 6 nitrogen and oxygen atoms in total. The van der Waals surface area contributed by atoms with Crippen LogP contribution in [0.1, 0.15) is 12.8 Å². The van der Waals surface area contributed by atoms with Crippen LogP contribution in [0.15, 0.2) is 0 Å². The number of nitrogens with two attached hydrogens (primary N) is 1. The Bertz CT molecular complexity index is 247. The molecule has 4 N–H and O–H groups in total. The molecular weight excluding hydrogens is 220 g/mol. The first-order valence-corrected chi connectivity index (χ1v) is 4.98. The summed E-state index contributed by atoms with van der Waals surface area (Å²) in [6.07, 6.45) is 0.590. The van der Waals surface area contributed by atoms with E-state index in [1.54, 1.807) is 0 Å². The second kappa shape index (κ2) is 7.24. The molecule has 0 fully saturated rings. The van der Waals surface area contributed by atoms with Crippen LogP contribution in [0.3, 0.4) is 0 Å². The molecule has 0 rings (SSSR count). The van der Waals surface area contributed by atoms with Crippen LogP contribution in [0.4, 0.5) is 0 Å². The van der Waals surface area contributed by atoms with Gasteiger partial charge >= 0.3 is 5.97 Å². The summed E-state index contributed by atoms with van der Waals surface area (Å²) in [7, 11) is 0. The number of hydrogen-bond donors (Lipinski definition) is 4. The number of carboxylic acid groups (broad SMARTS) is 1. The fraction of sp³-hybridized carbons (Fsp3) is 0.625. The number of carboxylic acids is 1. The Balaban J connectivity index is 3.84. The van der Waals surface area contributed by atoms with E-state index in [2.05, 4.69) is 17.9 Å². The van der Waals surface area contributed by atoms with Crippen molar-refractivity contribution in [2.24, 2.45) is 5.73 Å². The molecule has 0 aliphatic rings. The molecule has 0 radical (unpaired) electrons. The lowest BCUT2D eigenvalue weighted by molar-refractivity contribution is -0.138. The number of carbonyl (C=O) groups excluding carboxylic acids is 2. The number of amides is 1. The van der Waals surface area contributed by atoms with Gasteiger partial charge in [0.2, 0.25) is 5.91 Å². The molecule has 1 amide bonds. The summed E-state index contributed by atoms with van der Waals surface area (Å²) >= 11 is 3.85. The minimum Gasteiger partial charge on any atom is -0.480 e. The SMILES string of the molecule is N[C@@H](CCC(=O)NC(C=O)CS)C(=O)O. The lowest BCUT2D eigenvalue weighted by Gasteiger charge is -2.10. The maximum absolute atomic E-state index is 11.1. The second-order valence-electron chi connectivity index (χ2n) is 2.98. The van der Waals surface area contributed by atoms with Crippen LogP contribution in [0, 0.1) is 0 Å². The van der Waals surface area contributed by atoms with Crippen LogP contribution < -0.4 is 11.1 Å². The second-order valence-corrected chi connectivity index (χ2v) is 3.34. The van der Waals surface area contributed by atoms with E-state index < -0.39 is 24.0 Å². The van der Waals surface area contributed by atoms with Gasteiger partial charge < -0.3 is 21.0 Å². The van der Waals surface area contributed by atoms with Crippen molar-refractivity contribution in [3.05, 3.63) is 0 Å². The molecule has 0 aliphatic carbocycles. The first-order chi connectivity index (χ1) is 7.01. The highest BCUT2D eigenvalue weighted by Crippen LogP contribution is 1.95. The third kappa shape index (κ3) is 6.08. The number of aliphatic carboxylic acids is 1. The third-order valence-electron chi connectivity index (χ3n) is 1.71. The van der Waals surface area contributed by atoms with Gasteiger partial charge in [-0.1, -0.05) is 0 Å². The molecular formula is C8H14N2O4S. The van der Waals surface area contributed by atoms with Crippen LogP contribution in [0.2, 0.25) is 0 Å². The van der Waals surface area contributed by atoms with Gasteiger partial charge in [-0.3, -0.25) is 9.59 Å². The highest BCUT2D eigenvalue weighted by atomic mass is 32.1. The molecule has 15 heavy (non-hydrogen) atoms. The van der Waals surface area contributed by atoms with E-state index in [1.165, 1.54) is 0 Å². The molecule has 0 aromatic heterocycles. The van der Waals surface area contributed by atoms with Crippen LogP contribution in [-0.4, -0.2) is 41.1 Å². The summed E-state index contributed by atoms with van der Waals surface area (Å²) in [6.45, 7) is 0. The fourth-order valence-electron chi connectivity index (χ4n) is 0.812. The highest BCUT2D eigenvalue weighted by molar-refractivity contribution is 7.80. The maximum Gasteiger partial charge on any atom is 0.320 e. The molecule has 0 aromatic rings. The van der Waals surface area contributed by atoms with Crippen LogP contribution in [0.25, 0.3) is 0 Å². The summed E-state index contributed by atoms with van der Waals surface area (Å²) < 4.78 is 0. The van der Waals surface area contributed by atoms with E-state index in [4.69, 9.17) is 10.8 Å². The van der Waals surface area contributed by atoms with Crippen LogP contribution >= 0.6 is 12.6 Å². The zero-order valence-electron chi connectivity index (χ0n) is 8.05. The molecule has 0 bridgehead atoms. The Hall–Kier alpha value is -1.08. The summed E-state index contributed by atoms with van der Waals surface area (Å²) in [4.78, 5) is 31.8. The van der Waals surface area contributed by atoms with Gasteiger partial charge in [-0.2, -0.15) is 12.6 Å². The van der Waals surface area contributed by atoms with Crippen molar-refractivity contribution in [1.82, 2.24) is 5.32 Å². The number of hydrogen-bond acceptors (Lipinski definition) is 5. The van der Waals surface area contributed by atoms with Crippen molar-refractivity contribution in [2.75, 3.05) is 5.75 Å². The average Bonchev–Trinajstić information content (AvgIpc) is 2.22. The van der Waals surface area contributed by atoms with E-state index in [-0.39, 0.29) is 18.6 Å². The summed E-state index contributed by atoms with van der Waals surface area (Å²) in [6, 6.07) is -1.69. The Labute approximate surface area is 92.6 Å². The number of carbonyl (C=O) groups is 3. The predicted octanol–water partition coefficient (Wildman–Crippen LogP) is -1.21. The van der Waals surface area contributed by atoms with E-state index >= 15 is 0 Å². The fourth-order valence-corrected chi connectivity index (χ4v) is 0.989. The molecule has 0 aliphatic heterocycles. The van der Waals surface area contributed by atoms with Crippen LogP contribution in [-0.2, 0) is 14.4 Å². The Kier molecular flexibility index (Phi) is 6.72. The topological polar surface area (TPSA) is 109 Å². The number of thiol groups is 1. The number of rotatable bonds is 7. The molecule has 86 valence electrons. The summed E-state index contributed by atoms with van der Waals surface area (Å²) in [5.74, 6) is -1.35. The van der Waals surface area contributed by atoms with Gasteiger partial charge in [0.1, 0.15) is 12.3 Å². The highest BCUT2D eigenvalue weighted by Gasteiger charge is 2.15. The van der Waals surface area contributed by atoms with Crippen LogP contribution in [0.5, 0.6) is 0 Å². The van der Waals surface area contributed by atoms with Gasteiger partial charge in [0, 0.05) is 12.2 Å². The molecule has 0 saturated carbocycles.